The summed E-state index contributed by atoms with van der Waals surface area (Å²) in [4.78, 5) is 0. The van der Waals surface area contributed by atoms with Gasteiger partial charge in [0.05, 0.1) is 24.7 Å². The normalized spacial score (nSPS) is 26.9. The second-order valence-corrected chi connectivity index (χ2v) is 7.12. The van der Waals surface area contributed by atoms with Gasteiger partial charge >= 0.3 is 0 Å². The second kappa shape index (κ2) is 11.8. The molecule has 4 heteroatoms. The Morgan fingerprint density at radius 3 is 3.00 bits per heavy atom. The number of hydrogen-bond donors (Lipinski definition) is 0. The first kappa shape index (κ1) is 20.5. The van der Waals surface area contributed by atoms with Gasteiger partial charge in [-0.25, -0.2) is 0 Å². The third kappa shape index (κ3) is 7.96. The highest BCUT2D eigenvalue weighted by Gasteiger charge is 2.22. The Morgan fingerprint density at radius 1 is 1.36 bits per heavy atom. The van der Waals surface area contributed by atoms with Gasteiger partial charge in [-0.15, -0.1) is 17.5 Å². The fraction of sp³-hybridized carbons (Fsp3) is 0.714. The van der Waals surface area contributed by atoms with Gasteiger partial charge in [0.2, 0.25) is 0 Å². The van der Waals surface area contributed by atoms with Gasteiger partial charge in [-0.2, -0.15) is 0 Å². The number of unbranched alkanes of at least 4 members (excludes halogenated alkanes) is 2. The quantitative estimate of drug-likeness (QED) is 0.262. The van der Waals surface area contributed by atoms with E-state index >= 15 is 0 Å². The second-order valence-electron chi connectivity index (χ2n) is 6.85. The van der Waals surface area contributed by atoms with E-state index in [9.17, 15) is 0 Å². The van der Waals surface area contributed by atoms with Crippen molar-refractivity contribution < 1.29 is 14.2 Å². The molecule has 0 aromatic carbocycles. The third-order valence-electron chi connectivity index (χ3n) is 4.55. The molecule has 25 heavy (non-hydrogen) atoms. The Hall–Kier alpha value is -0.790. The number of hydrogen-bond acceptors (Lipinski definition) is 3. The first-order valence-corrected chi connectivity index (χ1v) is 9.98. The van der Waals surface area contributed by atoms with E-state index in [0.29, 0.717) is 12.5 Å². The Morgan fingerprint density at radius 2 is 2.24 bits per heavy atom. The summed E-state index contributed by atoms with van der Waals surface area (Å²) >= 11 is 5.54. The van der Waals surface area contributed by atoms with Gasteiger partial charge in [-0.1, -0.05) is 18.1 Å². The molecule has 3 atom stereocenters. The molecule has 1 saturated heterocycles. The van der Waals surface area contributed by atoms with Crippen LogP contribution in [-0.4, -0.2) is 37.6 Å². The summed E-state index contributed by atoms with van der Waals surface area (Å²) in [5, 5.41) is 0. The molecule has 2 rings (SSSR count). The van der Waals surface area contributed by atoms with Crippen LogP contribution in [0.5, 0.6) is 0 Å². The largest absolute Gasteiger partial charge is 0.362 e. The molecule has 0 saturated carbocycles. The minimum atomic E-state index is -0.0338. The van der Waals surface area contributed by atoms with Crippen LogP contribution in [0, 0.1) is 11.8 Å². The summed E-state index contributed by atoms with van der Waals surface area (Å²) in [6, 6.07) is 0. The van der Waals surface area contributed by atoms with Crippen LogP contribution in [0.25, 0.3) is 0 Å². The van der Waals surface area contributed by atoms with E-state index in [4.69, 9.17) is 25.8 Å². The van der Waals surface area contributed by atoms with Gasteiger partial charge in [0.25, 0.3) is 0 Å². The highest BCUT2D eigenvalue weighted by molar-refractivity contribution is 6.19. The zero-order valence-corrected chi connectivity index (χ0v) is 16.3. The van der Waals surface area contributed by atoms with Crippen LogP contribution in [0.2, 0.25) is 0 Å². The summed E-state index contributed by atoms with van der Waals surface area (Å²) in [6.07, 6.45) is 12.2. The average molecular weight is 367 g/mol. The lowest BCUT2D eigenvalue weighted by Gasteiger charge is -2.23. The van der Waals surface area contributed by atoms with Crippen LogP contribution in [0.4, 0.5) is 0 Å². The van der Waals surface area contributed by atoms with Crippen LogP contribution in [0.15, 0.2) is 23.3 Å². The molecule has 0 aliphatic carbocycles. The topological polar surface area (TPSA) is 27.7 Å². The molecule has 1 fully saturated rings. The molecule has 3 nitrogen and oxygen atoms in total. The molecular weight excluding hydrogens is 336 g/mol. The van der Waals surface area contributed by atoms with E-state index in [1.165, 1.54) is 17.6 Å². The van der Waals surface area contributed by atoms with Crippen molar-refractivity contribution in [2.24, 2.45) is 0 Å². The maximum absolute atomic E-state index is 6.15. The van der Waals surface area contributed by atoms with Crippen molar-refractivity contribution in [3.8, 4) is 11.8 Å². The summed E-state index contributed by atoms with van der Waals surface area (Å²) in [5.41, 5.74) is 2.53. The lowest BCUT2D eigenvalue weighted by molar-refractivity contribution is -0.156. The molecule has 140 valence electrons. The molecule has 0 radical (unpaired) electrons. The van der Waals surface area contributed by atoms with Crippen LogP contribution in [0.1, 0.15) is 58.8 Å². The van der Waals surface area contributed by atoms with Crippen molar-refractivity contribution >= 4 is 11.6 Å². The highest BCUT2D eigenvalue weighted by Crippen LogP contribution is 2.25. The molecule has 0 N–H and O–H groups in total. The maximum Gasteiger partial charge on any atom is 0.158 e. The Kier molecular flexibility index (Phi) is 9.65. The van der Waals surface area contributed by atoms with Crippen molar-refractivity contribution in [2.45, 2.75) is 77.3 Å². The van der Waals surface area contributed by atoms with E-state index in [-0.39, 0.29) is 18.5 Å². The molecule has 2 aliphatic heterocycles. The van der Waals surface area contributed by atoms with E-state index in [1.54, 1.807) is 0 Å². The highest BCUT2D eigenvalue weighted by atomic mass is 35.5. The average Bonchev–Trinajstić information content (AvgIpc) is 2.96. The monoisotopic (exact) mass is 366 g/mol. The van der Waals surface area contributed by atoms with Crippen molar-refractivity contribution in [3.63, 3.8) is 0 Å². The number of halogens is 1. The predicted molar refractivity (Wildman–Crippen MR) is 103 cm³/mol. The lowest BCUT2D eigenvalue weighted by Crippen LogP contribution is -2.23. The summed E-state index contributed by atoms with van der Waals surface area (Å²) < 4.78 is 17.6. The summed E-state index contributed by atoms with van der Waals surface area (Å²) in [6.45, 7) is 5.69. The van der Waals surface area contributed by atoms with Crippen LogP contribution >= 0.6 is 11.6 Å². The van der Waals surface area contributed by atoms with Crippen LogP contribution in [0.3, 0.4) is 0 Å². The van der Waals surface area contributed by atoms with Crippen molar-refractivity contribution in [1.29, 1.82) is 0 Å². The number of alkyl halides is 1. The molecule has 0 aromatic heterocycles. The van der Waals surface area contributed by atoms with Gasteiger partial charge in [0, 0.05) is 13.0 Å². The minimum Gasteiger partial charge on any atom is -0.362 e. The first-order chi connectivity index (χ1) is 12.2. The van der Waals surface area contributed by atoms with Gasteiger partial charge in [-0.3, -0.25) is 0 Å². The Balaban J connectivity index is 1.66. The number of ether oxygens (including phenoxy) is 3. The molecular formula is C21H31ClO3. The zero-order chi connectivity index (χ0) is 17.9. The summed E-state index contributed by atoms with van der Waals surface area (Å²) in [5.74, 6) is 6.40. The smallest absolute Gasteiger partial charge is 0.158 e. The molecule has 1 unspecified atom stereocenters. The Bertz CT molecular complexity index is 509. The van der Waals surface area contributed by atoms with E-state index < -0.39 is 0 Å². The fourth-order valence-corrected chi connectivity index (χ4v) is 3.25. The van der Waals surface area contributed by atoms with Gasteiger partial charge in [0.1, 0.15) is 0 Å². The van der Waals surface area contributed by atoms with Crippen molar-refractivity contribution in [3.05, 3.63) is 23.3 Å². The maximum atomic E-state index is 6.15. The van der Waals surface area contributed by atoms with Crippen LogP contribution < -0.4 is 0 Å². The number of rotatable bonds is 8. The molecule has 2 aliphatic rings. The van der Waals surface area contributed by atoms with Gasteiger partial charge in [0.15, 0.2) is 6.29 Å². The lowest BCUT2D eigenvalue weighted by atomic mass is 10.1. The van der Waals surface area contributed by atoms with E-state index in [1.807, 2.05) is 0 Å². The standard InChI is InChI=1S/C21H31ClO3/c1-17(16-24-21-11-7-9-13-23-21)14-19-15-18(2)20(25-19)10-6-4-3-5-8-12-22/h14-15,19-21H,3-4,6-7,9-13,16H2,1-2H3/b17-14+/t19-,20+,21?/m0/s1. The molecule has 0 amide bonds. The SMILES string of the molecule is CC1=C[C@H](/C=C(\C)COC2CCCCO2)O[C@@H]1CCCCC#CCCl. The minimum absolute atomic E-state index is 0.0338. The zero-order valence-electron chi connectivity index (χ0n) is 15.6. The predicted octanol–water partition coefficient (Wildman–Crippen LogP) is 4.99. The van der Waals surface area contributed by atoms with Crippen molar-refractivity contribution in [2.75, 3.05) is 19.1 Å². The molecule has 0 bridgehead atoms. The van der Waals surface area contributed by atoms with Gasteiger partial charge < -0.3 is 14.2 Å². The summed E-state index contributed by atoms with van der Waals surface area (Å²) in [7, 11) is 0. The Labute approximate surface area is 157 Å². The first-order valence-electron chi connectivity index (χ1n) is 9.45. The van der Waals surface area contributed by atoms with Crippen molar-refractivity contribution in [1.82, 2.24) is 0 Å². The third-order valence-corrected chi connectivity index (χ3v) is 4.68. The van der Waals surface area contributed by atoms with E-state index in [2.05, 4.69) is 37.8 Å². The van der Waals surface area contributed by atoms with Gasteiger partial charge in [-0.05, 0) is 63.5 Å². The molecule has 0 spiro atoms. The van der Waals surface area contributed by atoms with Crippen LogP contribution in [-0.2, 0) is 14.2 Å². The fourth-order valence-electron chi connectivity index (χ4n) is 3.16. The van der Waals surface area contributed by atoms with E-state index in [0.717, 1.165) is 45.1 Å². The molecule has 2 heterocycles. The molecule has 0 aromatic rings.